The van der Waals surface area contributed by atoms with Gasteiger partial charge in [-0.05, 0) is 63.9 Å². The molecule has 0 aromatic carbocycles. The molecule has 0 aliphatic rings. The van der Waals surface area contributed by atoms with E-state index in [0.29, 0.717) is 23.9 Å². The number of esters is 1. The molecule has 0 saturated heterocycles. The number of nitrogens with one attached hydrogen (secondary N) is 1. The van der Waals surface area contributed by atoms with Crippen molar-refractivity contribution in [2.75, 3.05) is 40.9 Å². The molecule has 0 fully saturated rings. The predicted octanol–water partition coefficient (Wildman–Crippen LogP) is 21.1. The zero-order valence-corrected chi connectivity index (χ0v) is 53.6. The van der Waals surface area contributed by atoms with Gasteiger partial charge in [0.25, 0.3) is 0 Å². The molecule has 460 valence electrons. The highest BCUT2D eigenvalue weighted by molar-refractivity contribution is 7.47. The molecule has 9 nitrogen and oxygen atoms in total. The molecule has 0 aromatic heterocycles. The maximum atomic E-state index is 13.6. The summed E-state index contributed by atoms with van der Waals surface area (Å²) in [6.45, 7) is 7.04. The topological polar surface area (TPSA) is 111 Å². The number of amides is 1. The van der Waals surface area contributed by atoms with Gasteiger partial charge in [-0.15, -0.1) is 0 Å². The Bertz CT molecular complexity index is 1430. The number of carbonyl (C=O) groups excluding carboxylic acids is 2. The molecular formula is C68H132N2O7P+. The van der Waals surface area contributed by atoms with E-state index in [-0.39, 0.29) is 25.1 Å². The van der Waals surface area contributed by atoms with E-state index in [1.165, 1.54) is 238 Å². The molecule has 0 saturated carbocycles. The Hall–Kier alpha value is -1.77. The molecule has 0 bridgehead atoms. The molecule has 1 amide bonds. The Balaban J connectivity index is 5.10. The summed E-state index contributed by atoms with van der Waals surface area (Å²) in [5.41, 5.74) is 0. The van der Waals surface area contributed by atoms with Crippen molar-refractivity contribution in [3.8, 4) is 0 Å². The Morgan fingerprint density at radius 3 is 1.18 bits per heavy atom. The van der Waals surface area contributed by atoms with Crippen molar-refractivity contribution in [3.63, 3.8) is 0 Å². The second-order valence-electron chi connectivity index (χ2n) is 24.4. The van der Waals surface area contributed by atoms with Gasteiger partial charge >= 0.3 is 13.8 Å². The van der Waals surface area contributed by atoms with Gasteiger partial charge < -0.3 is 19.4 Å². The minimum atomic E-state index is -4.45. The minimum absolute atomic E-state index is 0.0430. The monoisotopic (exact) mass is 1120 g/mol. The Labute approximate surface area is 485 Å². The summed E-state index contributed by atoms with van der Waals surface area (Å²) >= 11 is 0. The van der Waals surface area contributed by atoms with E-state index in [0.717, 1.165) is 64.2 Å². The summed E-state index contributed by atoms with van der Waals surface area (Å²) in [6, 6.07) is -0.844. The molecule has 2 N–H and O–H groups in total. The van der Waals surface area contributed by atoms with Gasteiger partial charge in [0.1, 0.15) is 19.3 Å². The largest absolute Gasteiger partial charge is 0.472 e. The van der Waals surface area contributed by atoms with Crippen LogP contribution in [0.2, 0.25) is 0 Å². The van der Waals surface area contributed by atoms with Crippen molar-refractivity contribution in [3.05, 3.63) is 36.5 Å². The van der Waals surface area contributed by atoms with Crippen LogP contribution in [0.15, 0.2) is 36.5 Å². The Morgan fingerprint density at radius 2 is 0.782 bits per heavy atom. The highest BCUT2D eigenvalue weighted by Gasteiger charge is 2.30. The predicted molar refractivity (Wildman–Crippen MR) is 337 cm³/mol. The third kappa shape index (κ3) is 58.9. The fraction of sp³-hybridized carbons (Fsp3) is 0.882. The first-order valence-corrected chi connectivity index (χ1v) is 35.3. The van der Waals surface area contributed by atoms with Gasteiger partial charge in [-0.1, -0.05) is 295 Å². The highest BCUT2D eigenvalue weighted by atomic mass is 31.2. The SMILES string of the molecule is CCCCC/C=C\C/C=C\CCCCCCCCCCCCCCCC(=O)NC(COP(=O)(O)OCC[N+](C)(C)C)C(/C=C\CCCCCCCCCCCC)OC(=O)CCCCCCCCCCCCCCCCCCC. The zero-order valence-electron chi connectivity index (χ0n) is 52.7. The van der Waals surface area contributed by atoms with Gasteiger partial charge in [-0.3, -0.25) is 18.6 Å². The van der Waals surface area contributed by atoms with Crippen LogP contribution in [0, 0.1) is 0 Å². The fourth-order valence-electron chi connectivity index (χ4n) is 10.1. The third-order valence-corrected chi connectivity index (χ3v) is 16.3. The van der Waals surface area contributed by atoms with E-state index in [1.54, 1.807) is 0 Å². The number of rotatable bonds is 62. The second-order valence-corrected chi connectivity index (χ2v) is 25.8. The van der Waals surface area contributed by atoms with Crippen LogP contribution in [0.3, 0.4) is 0 Å². The standard InChI is InChI=1S/C68H131N2O7P/c1-7-10-13-16-19-22-25-28-30-32-33-34-35-36-37-39-40-42-45-48-51-54-57-60-67(71)69-65(64-76-78(73,74)75-63-62-70(4,5)6)66(59-56-53-50-47-44-27-24-21-18-15-12-9-3)77-68(72)61-58-55-52-49-46-43-41-38-31-29-26-23-20-17-14-11-8-2/h19,22,28,30,56,59,65-66H,7-18,20-21,23-27,29,31-55,57-58,60-64H2,1-6H3,(H-,69,71,73,74)/p+1/b22-19-,30-28-,59-56-. The van der Waals surface area contributed by atoms with Crippen molar-refractivity contribution in [2.45, 2.75) is 348 Å². The first-order valence-electron chi connectivity index (χ1n) is 33.8. The van der Waals surface area contributed by atoms with Gasteiger partial charge in [0, 0.05) is 12.8 Å². The van der Waals surface area contributed by atoms with Crippen LogP contribution in [-0.2, 0) is 27.9 Å². The molecule has 3 atom stereocenters. The molecule has 10 heteroatoms. The zero-order chi connectivity index (χ0) is 57.2. The summed E-state index contributed by atoms with van der Waals surface area (Å²) in [7, 11) is 1.51. The number of ether oxygens (including phenoxy) is 1. The summed E-state index contributed by atoms with van der Waals surface area (Å²) in [6.07, 6.45) is 71.4. The number of unbranched alkanes of at least 4 members (excludes halogenated alkanes) is 42. The van der Waals surface area contributed by atoms with Crippen LogP contribution in [-0.4, -0.2) is 74.3 Å². The van der Waals surface area contributed by atoms with Crippen LogP contribution < -0.4 is 5.32 Å². The number of hydrogen-bond donors (Lipinski definition) is 2. The number of nitrogens with zero attached hydrogens (tertiary/aromatic N) is 1. The van der Waals surface area contributed by atoms with E-state index in [4.69, 9.17) is 13.8 Å². The quantitative estimate of drug-likeness (QED) is 0.0205. The number of likely N-dealkylation sites (N-methyl/N-ethyl adjacent to an activating group) is 1. The third-order valence-electron chi connectivity index (χ3n) is 15.3. The molecule has 0 aliphatic heterocycles. The van der Waals surface area contributed by atoms with Gasteiger partial charge in [0.2, 0.25) is 5.91 Å². The molecule has 0 radical (unpaired) electrons. The smallest absolute Gasteiger partial charge is 0.456 e. The average Bonchev–Trinajstić information content (AvgIpc) is 3.40. The van der Waals surface area contributed by atoms with Gasteiger partial charge in [-0.25, -0.2) is 4.57 Å². The van der Waals surface area contributed by atoms with E-state index in [2.05, 4.69) is 50.4 Å². The Morgan fingerprint density at radius 1 is 0.449 bits per heavy atom. The lowest BCUT2D eigenvalue weighted by Gasteiger charge is -2.27. The molecule has 3 unspecified atom stereocenters. The average molecular weight is 1120 g/mol. The molecular weight excluding hydrogens is 988 g/mol. The maximum Gasteiger partial charge on any atom is 0.472 e. The molecule has 0 aromatic rings. The Kier molecular flexibility index (Phi) is 57.1. The summed E-state index contributed by atoms with van der Waals surface area (Å²) in [5, 5.41) is 3.07. The molecule has 0 aliphatic carbocycles. The van der Waals surface area contributed by atoms with Crippen molar-refractivity contribution < 1.29 is 37.3 Å². The van der Waals surface area contributed by atoms with Crippen LogP contribution in [0.5, 0.6) is 0 Å². The second kappa shape index (κ2) is 58.4. The normalized spacial score (nSPS) is 13.8. The molecule has 78 heavy (non-hydrogen) atoms. The summed E-state index contributed by atoms with van der Waals surface area (Å²) in [4.78, 5) is 37.8. The summed E-state index contributed by atoms with van der Waals surface area (Å²) in [5.74, 6) is -0.488. The molecule has 0 spiro atoms. The number of allylic oxidation sites excluding steroid dienone is 5. The van der Waals surface area contributed by atoms with Crippen LogP contribution in [0.4, 0.5) is 0 Å². The van der Waals surface area contributed by atoms with E-state index >= 15 is 0 Å². The number of quaternary nitrogens is 1. The summed E-state index contributed by atoms with van der Waals surface area (Å²) < 4.78 is 30.8. The molecule has 0 rings (SSSR count). The lowest BCUT2D eigenvalue weighted by molar-refractivity contribution is -0.870. The number of phosphoric acid groups is 1. The van der Waals surface area contributed by atoms with Gasteiger partial charge in [0.15, 0.2) is 0 Å². The van der Waals surface area contributed by atoms with E-state index in [1.807, 2.05) is 33.3 Å². The van der Waals surface area contributed by atoms with Gasteiger partial charge in [0.05, 0.1) is 33.8 Å². The lowest BCUT2D eigenvalue weighted by atomic mass is 10.0. The van der Waals surface area contributed by atoms with Crippen LogP contribution >= 0.6 is 7.82 Å². The highest BCUT2D eigenvalue weighted by Crippen LogP contribution is 2.43. The maximum absolute atomic E-state index is 13.6. The van der Waals surface area contributed by atoms with Crippen molar-refractivity contribution in [1.29, 1.82) is 0 Å². The van der Waals surface area contributed by atoms with Crippen LogP contribution in [0.25, 0.3) is 0 Å². The van der Waals surface area contributed by atoms with Crippen LogP contribution in [0.1, 0.15) is 335 Å². The fourth-order valence-corrected chi connectivity index (χ4v) is 10.8. The van der Waals surface area contributed by atoms with Crippen molar-refractivity contribution in [1.82, 2.24) is 5.32 Å². The molecule has 0 heterocycles. The van der Waals surface area contributed by atoms with Crippen molar-refractivity contribution in [2.24, 2.45) is 0 Å². The van der Waals surface area contributed by atoms with Gasteiger partial charge in [-0.2, -0.15) is 0 Å². The van der Waals surface area contributed by atoms with Crippen molar-refractivity contribution >= 4 is 19.7 Å². The lowest BCUT2D eigenvalue weighted by Crippen LogP contribution is -2.47. The first-order chi connectivity index (χ1) is 37.9. The number of phosphoric ester groups is 1. The number of carbonyl (C=O) groups is 2. The minimum Gasteiger partial charge on any atom is -0.456 e. The van der Waals surface area contributed by atoms with E-state index in [9.17, 15) is 19.0 Å². The number of hydrogen-bond acceptors (Lipinski definition) is 6. The van der Waals surface area contributed by atoms with E-state index < -0.39 is 20.0 Å². The first kappa shape index (κ1) is 76.2.